The lowest BCUT2D eigenvalue weighted by molar-refractivity contribution is -0.139. The molecule has 0 aromatic heterocycles. The summed E-state index contributed by atoms with van der Waals surface area (Å²) >= 11 is 3.41. The van der Waals surface area contributed by atoms with Gasteiger partial charge in [0.15, 0.2) is 0 Å². The minimum atomic E-state index is -0.364. The average Bonchev–Trinajstić information content (AvgIpc) is 3.10. The molecule has 1 unspecified atom stereocenters. The second-order valence-electron chi connectivity index (χ2n) is 5.94. The minimum absolute atomic E-state index is 0.0386. The molecule has 3 rings (SSSR count). The third kappa shape index (κ3) is 3.42. The summed E-state index contributed by atoms with van der Waals surface area (Å²) in [5, 5.41) is 0. The van der Waals surface area contributed by atoms with Gasteiger partial charge in [0.2, 0.25) is 5.91 Å². The molecule has 1 aromatic rings. The van der Waals surface area contributed by atoms with Crippen LogP contribution >= 0.6 is 15.9 Å². The highest BCUT2D eigenvalue weighted by Gasteiger charge is 2.37. The van der Waals surface area contributed by atoms with Crippen LogP contribution in [0.25, 0.3) is 0 Å². The van der Waals surface area contributed by atoms with E-state index in [2.05, 4.69) is 15.9 Å². The van der Waals surface area contributed by atoms with Crippen molar-refractivity contribution in [2.45, 2.75) is 18.9 Å². The Bertz CT molecular complexity index is 631. The van der Waals surface area contributed by atoms with Gasteiger partial charge in [-0.05, 0) is 47.0 Å². The predicted octanol–water partition coefficient (Wildman–Crippen LogP) is 1.92. The SMILES string of the molecule is COc1ccc(C(=O)N2CCCC2C(=O)N2CCOCC2)cc1Br. The van der Waals surface area contributed by atoms with Gasteiger partial charge >= 0.3 is 0 Å². The maximum atomic E-state index is 12.9. The number of carbonyl (C=O) groups excluding carboxylic acids is 2. The summed E-state index contributed by atoms with van der Waals surface area (Å²) in [7, 11) is 1.58. The van der Waals surface area contributed by atoms with Crippen molar-refractivity contribution in [3.8, 4) is 5.75 Å². The number of morpholine rings is 1. The lowest BCUT2D eigenvalue weighted by atomic mass is 10.1. The lowest BCUT2D eigenvalue weighted by Gasteiger charge is -2.32. The Balaban J connectivity index is 1.75. The molecule has 2 saturated heterocycles. The Morgan fingerprint density at radius 1 is 1.25 bits per heavy atom. The van der Waals surface area contributed by atoms with Crippen LogP contribution in [-0.4, -0.2) is 67.6 Å². The van der Waals surface area contributed by atoms with Crippen molar-refractivity contribution in [1.29, 1.82) is 0 Å². The molecule has 2 aliphatic heterocycles. The molecule has 24 heavy (non-hydrogen) atoms. The van der Waals surface area contributed by atoms with Crippen LogP contribution in [0.3, 0.4) is 0 Å². The number of hydrogen-bond donors (Lipinski definition) is 0. The largest absolute Gasteiger partial charge is 0.496 e. The van der Waals surface area contributed by atoms with Crippen LogP contribution in [0.1, 0.15) is 23.2 Å². The molecular formula is C17H21BrN2O4. The van der Waals surface area contributed by atoms with Crippen LogP contribution in [0.5, 0.6) is 5.75 Å². The molecule has 2 amide bonds. The molecule has 0 saturated carbocycles. The molecule has 2 aliphatic rings. The van der Waals surface area contributed by atoms with E-state index in [-0.39, 0.29) is 17.9 Å². The number of benzene rings is 1. The lowest BCUT2D eigenvalue weighted by Crippen LogP contribution is -2.51. The monoisotopic (exact) mass is 396 g/mol. The van der Waals surface area contributed by atoms with Gasteiger partial charge in [-0.2, -0.15) is 0 Å². The Kier molecular flexibility index (Phi) is 5.40. The fourth-order valence-corrected chi connectivity index (χ4v) is 3.77. The molecule has 2 fully saturated rings. The van der Waals surface area contributed by atoms with E-state index in [0.717, 1.165) is 17.3 Å². The van der Waals surface area contributed by atoms with Crippen LogP contribution in [0.15, 0.2) is 22.7 Å². The number of amides is 2. The molecule has 0 aliphatic carbocycles. The number of methoxy groups -OCH3 is 1. The van der Waals surface area contributed by atoms with Gasteiger partial charge in [0.1, 0.15) is 11.8 Å². The van der Waals surface area contributed by atoms with E-state index in [1.165, 1.54) is 0 Å². The Morgan fingerprint density at radius 2 is 2.00 bits per heavy atom. The first-order valence-electron chi connectivity index (χ1n) is 8.13. The van der Waals surface area contributed by atoms with Gasteiger partial charge < -0.3 is 19.3 Å². The van der Waals surface area contributed by atoms with Crippen molar-refractivity contribution >= 4 is 27.7 Å². The van der Waals surface area contributed by atoms with E-state index in [9.17, 15) is 9.59 Å². The third-order valence-corrected chi connectivity index (χ3v) is 5.14. The Hall–Kier alpha value is -1.60. The standard InChI is InChI=1S/C17H21BrN2O4/c1-23-15-5-4-12(11-13(15)18)16(21)20-6-2-3-14(20)17(22)19-7-9-24-10-8-19/h4-5,11,14H,2-3,6-10H2,1H3. The highest BCUT2D eigenvalue weighted by atomic mass is 79.9. The zero-order chi connectivity index (χ0) is 17.1. The number of rotatable bonds is 3. The minimum Gasteiger partial charge on any atom is -0.496 e. The van der Waals surface area contributed by atoms with E-state index in [1.807, 2.05) is 4.90 Å². The summed E-state index contributed by atoms with van der Waals surface area (Å²) in [6.07, 6.45) is 1.57. The summed E-state index contributed by atoms with van der Waals surface area (Å²) in [5.74, 6) is 0.605. The van der Waals surface area contributed by atoms with E-state index >= 15 is 0 Å². The molecule has 1 atom stereocenters. The fraction of sp³-hybridized carbons (Fsp3) is 0.529. The number of likely N-dealkylation sites (tertiary alicyclic amines) is 1. The molecule has 0 bridgehead atoms. The Morgan fingerprint density at radius 3 is 2.67 bits per heavy atom. The maximum absolute atomic E-state index is 12.9. The summed E-state index contributed by atoms with van der Waals surface area (Å²) < 4.78 is 11.2. The highest BCUT2D eigenvalue weighted by molar-refractivity contribution is 9.10. The summed E-state index contributed by atoms with van der Waals surface area (Å²) in [6, 6.07) is 4.87. The van der Waals surface area contributed by atoms with Crippen molar-refractivity contribution in [3.63, 3.8) is 0 Å². The van der Waals surface area contributed by atoms with E-state index in [4.69, 9.17) is 9.47 Å². The number of halogens is 1. The topological polar surface area (TPSA) is 59.1 Å². The van der Waals surface area contributed by atoms with Crippen LogP contribution < -0.4 is 4.74 Å². The maximum Gasteiger partial charge on any atom is 0.254 e. The van der Waals surface area contributed by atoms with Crippen LogP contribution in [0.4, 0.5) is 0 Å². The molecular weight excluding hydrogens is 376 g/mol. The van der Waals surface area contributed by atoms with Crippen LogP contribution in [0, 0.1) is 0 Å². The number of hydrogen-bond acceptors (Lipinski definition) is 4. The number of carbonyl (C=O) groups is 2. The molecule has 130 valence electrons. The summed E-state index contributed by atoms with van der Waals surface area (Å²) in [5.41, 5.74) is 0.560. The molecule has 0 spiro atoms. The van der Waals surface area contributed by atoms with Crippen molar-refractivity contribution in [2.75, 3.05) is 40.0 Å². The van der Waals surface area contributed by atoms with E-state index < -0.39 is 0 Å². The zero-order valence-electron chi connectivity index (χ0n) is 13.7. The van der Waals surface area contributed by atoms with Gasteiger partial charge in [-0.15, -0.1) is 0 Å². The zero-order valence-corrected chi connectivity index (χ0v) is 15.3. The fourth-order valence-electron chi connectivity index (χ4n) is 3.23. The van der Waals surface area contributed by atoms with Gasteiger partial charge in [0.05, 0.1) is 24.8 Å². The molecule has 6 nitrogen and oxygen atoms in total. The molecule has 2 heterocycles. The van der Waals surface area contributed by atoms with Crippen molar-refractivity contribution < 1.29 is 19.1 Å². The first-order chi connectivity index (χ1) is 11.6. The first kappa shape index (κ1) is 17.2. The summed E-state index contributed by atoms with van der Waals surface area (Å²) in [4.78, 5) is 29.1. The second-order valence-corrected chi connectivity index (χ2v) is 6.80. The molecule has 0 N–H and O–H groups in total. The van der Waals surface area contributed by atoms with Crippen LogP contribution in [0.2, 0.25) is 0 Å². The third-order valence-electron chi connectivity index (χ3n) is 4.52. The van der Waals surface area contributed by atoms with Gasteiger partial charge in [-0.25, -0.2) is 0 Å². The van der Waals surface area contributed by atoms with Gasteiger partial charge in [-0.3, -0.25) is 9.59 Å². The quantitative estimate of drug-likeness (QED) is 0.782. The van der Waals surface area contributed by atoms with Gasteiger partial charge in [-0.1, -0.05) is 0 Å². The number of ether oxygens (including phenoxy) is 2. The van der Waals surface area contributed by atoms with E-state index in [0.29, 0.717) is 44.2 Å². The first-order valence-corrected chi connectivity index (χ1v) is 8.92. The van der Waals surface area contributed by atoms with Crippen molar-refractivity contribution in [2.24, 2.45) is 0 Å². The van der Waals surface area contributed by atoms with Crippen LogP contribution in [-0.2, 0) is 9.53 Å². The normalized spacial score (nSPS) is 21.0. The van der Waals surface area contributed by atoms with Crippen molar-refractivity contribution in [1.82, 2.24) is 9.80 Å². The highest BCUT2D eigenvalue weighted by Crippen LogP contribution is 2.28. The molecule has 1 aromatic carbocycles. The van der Waals surface area contributed by atoms with E-state index in [1.54, 1.807) is 30.2 Å². The number of nitrogens with zero attached hydrogens (tertiary/aromatic N) is 2. The predicted molar refractivity (Wildman–Crippen MR) is 92.2 cm³/mol. The average molecular weight is 397 g/mol. The molecule has 0 radical (unpaired) electrons. The van der Waals surface area contributed by atoms with Gasteiger partial charge in [0, 0.05) is 25.2 Å². The Labute approximate surface area is 149 Å². The smallest absolute Gasteiger partial charge is 0.254 e. The van der Waals surface area contributed by atoms with Crippen molar-refractivity contribution in [3.05, 3.63) is 28.2 Å². The molecule has 7 heteroatoms. The van der Waals surface area contributed by atoms with Gasteiger partial charge in [0.25, 0.3) is 5.91 Å². The summed E-state index contributed by atoms with van der Waals surface area (Å²) in [6.45, 7) is 2.95. The second kappa shape index (κ2) is 7.53.